The zero-order chi connectivity index (χ0) is 13.0. The highest BCUT2D eigenvalue weighted by atomic mass is 16.3. The van der Waals surface area contributed by atoms with E-state index in [1.807, 2.05) is 24.0 Å². The molecule has 2 rings (SSSR count). The smallest absolute Gasteiger partial charge is 0.249 e. The van der Waals surface area contributed by atoms with Crippen molar-refractivity contribution in [3.8, 4) is 5.75 Å². The molecule has 96 valence electrons. The number of amides is 1. The van der Waals surface area contributed by atoms with Crippen molar-refractivity contribution in [1.82, 2.24) is 4.90 Å². The highest BCUT2D eigenvalue weighted by Gasteiger charge is 2.17. The Bertz CT molecular complexity index is 459. The van der Waals surface area contributed by atoms with Gasteiger partial charge in [0.05, 0.1) is 0 Å². The van der Waals surface area contributed by atoms with Gasteiger partial charge in [-0.2, -0.15) is 0 Å². The molecular weight excluding hydrogens is 226 g/mol. The summed E-state index contributed by atoms with van der Waals surface area (Å²) in [5.41, 5.74) is 1.37. The quantitative estimate of drug-likeness (QED) is 0.814. The lowest BCUT2D eigenvalue weighted by molar-refractivity contribution is -0.127. The first-order valence-corrected chi connectivity index (χ1v) is 6.44. The Morgan fingerprint density at radius 1 is 1.22 bits per heavy atom. The summed E-state index contributed by atoms with van der Waals surface area (Å²) in [5, 5.41) is 9.68. The van der Waals surface area contributed by atoms with E-state index in [4.69, 9.17) is 0 Å². The summed E-state index contributed by atoms with van der Waals surface area (Å²) < 4.78 is 0. The van der Waals surface area contributed by atoms with Crippen LogP contribution in [0.5, 0.6) is 5.75 Å². The van der Waals surface area contributed by atoms with Crippen LogP contribution in [0.15, 0.2) is 29.8 Å². The van der Waals surface area contributed by atoms with E-state index in [0.717, 1.165) is 25.9 Å². The number of carbonyl (C=O) groups excluding carboxylic acids is 1. The second-order valence-corrected chi connectivity index (χ2v) is 4.74. The predicted octanol–water partition coefficient (Wildman–Crippen LogP) is 2.81. The summed E-state index contributed by atoms with van der Waals surface area (Å²) >= 11 is 0. The first-order valence-electron chi connectivity index (χ1n) is 6.44. The summed E-state index contributed by atoms with van der Waals surface area (Å²) in [6.07, 6.45) is 5.16. The number of phenolic OH excluding ortho intramolecular Hbond substituents is 1. The number of likely N-dealkylation sites (tertiary alicyclic amines) is 1. The van der Waals surface area contributed by atoms with Crippen LogP contribution in [0.1, 0.15) is 31.7 Å². The molecule has 0 atom stereocenters. The summed E-state index contributed by atoms with van der Waals surface area (Å²) in [6, 6.07) is 7.06. The van der Waals surface area contributed by atoms with E-state index >= 15 is 0 Å². The van der Waals surface area contributed by atoms with Crippen LogP contribution in [0.2, 0.25) is 0 Å². The maximum absolute atomic E-state index is 12.2. The van der Waals surface area contributed by atoms with Crippen molar-refractivity contribution >= 4 is 12.0 Å². The SMILES string of the molecule is C/C(=C\c1ccccc1O)C(=O)N1CCCCC1. The van der Waals surface area contributed by atoms with Crippen LogP contribution in [-0.4, -0.2) is 29.0 Å². The maximum atomic E-state index is 12.2. The van der Waals surface area contributed by atoms with Gasteiger partial charge in [-0.3, -0.25) is 4.79 Å². The maximum Gasteiger partial charge on any atom is 0.249 e. The number of hydrogen-bond acceptors (Lipinski definition) is 2. The highest BCUT2D eigenvalue weighted by Crippen LogP contribution is 2.20. The molecule has 1 aromatic carbocycles. The Hall–Kier alpha value is -1.77. The number of benzene rings is 1. The van der Waals surface area contributed by atoms with Crippen LogP contribution < -0.4 is 0 Å². The topological polar surface area (TPSA) is 40.5 Å². The lowest BCUT2D eigenvalue weighted by Gasteiger charge is -2.27. The van der Waals surface area contributed by atoms with Crippen molar-refractivity contribution in [3.05, 3.63) is 35.4 Å². The average molecular weight is 245 g/mol. The largest absolute Gasteiger partial charge is 0.507 e. The van der Waals surface area contributed by atoms with E-state index in [9.17, 15) is 9.90 Å². The van der Waals surface area contributed by atoms with Gasteiger partial charge in [-0.15, -0.1) is 0 Å². The minimum absolute atomic E-state index is 0.0814. The molecule has 1 fully saturated rings. The van der Waals surface area contributed by atoms with Gasteiger partial charge in [-0.05, 0) is 38.3 Å². The Kier molecular flexibility index (Phi) is 4.03. The fourth-order valence-electron chi connectivity index (χ4n) is 2.25. The molecule has 0 radical (unpaired) electrons. The number of aromatic hydroxyl groups is 1. The number of phenols is 1. The molecule has 1 saturated heterocycles. The number of carbonyl (C=O) groups is 1. The molecule has 1 aliphatic rings. The van der Waals surface area contributed by atoms with Crippen molar-refractivity contribution in [2.75, 3.05) is 13.1 Å². The first-order chi connectivity index (χ1) is 8.68. The van der Waals surface area contributed by atoms with Gasteiger partial charge in [0.1, 0.15) is 5.75 Å². The molecule has 0 aromatic heterocycles. The van der Waals surface area contributed by atoms with Crippen molar-refractivity contribution < 1.29 is 9.90 Å². The molecule has 3 heteroatoms. The van der Waals surface area contributed by atoms with E-state index in [-0.39, 0.29) is 11.7 Å². The lowest BCUT2D eigenvalue weighted by atomic mass is 10.1. The Labute approximate surface area is 108 Å². The average Bonchev–Trinajstić information content (AvgIpc) is 2.41. The van der Waals surface area contributed by atoms with Gasteiger partial charge >= 0.3 is 0 Å². The second-order valence-electron chi connectivity index (χ2n) is 4.74. The number of nitrogens with zero attached hydrogens (tertiary/aromatic N) is 1. The number of hydrogen-bond donors (Lipinski definition) is 1. The minimum atomic E-state index is 0.0814. The molecule has 0 spiro atoms. The summed E-state index contributed by atoms with van der Waals surface area (Å²) in [6.45, 7) is 3.51. The van der Waals surface area contributed by atoms with Crippen molar-refractivity contribution in [1.29, 1.82) is 0 Å². The van der Waals surface area contributed by atoms with E-state index in [1.54, 1.807) is 18.2 Å². The van der Waals surface area contributed by atoms with Gasteiger partial charge in [0.15, 0.2) is 0 Å². The normalized spacial score (nSPS) is 16.7. The zero-order valence-electron chi connectivity index (χ0n) is 10.7. The van der Waals surface area contributed by atoms with Crippen LogP contribution in [0.3, 0.4) is 0 Å². The standard InChI is InChI=1S/C15H19NO2/c1-12(11-13-7-3-4-8-14(13)17)15(18)16-9-5-2-6-10-16/h3-4,7-8,11,17H,2,5-6,9-10H2,1H3/b12-11+. The third kappa shape index (κ3) is 2.92. The van der Waals surface area contributed by atoms with Crippen LogP contribution in [0, 0.1) is 0 Å². The van der Waals surface area contributed by atoms with E-state index in [1.165, 1.54) is 6.42 Å². The van der Waals surface area contributed by atoms with Gasteiger partial charge in [-0.1, -0.05) is 18.2 Å². The van der Waals surface area contributed by atoms with Crippen LogP contribution in [0.4, 0.5) is 0 Å². The van der Waals surface area contributed by atoms with E-state index < -0.39 is 0 Å². The molecule has 0 aliphatic carbocycles. The van der Waals surface area contributed by atoms with Crippen molar-refractivity contribution in [3.63, 3.8) is 0 Å². The molecule has 0 unspecified atom stereocenters. The zero-order valence-corrected chi connectivity index (χ0v) is 10.7. The van der Waals surface area contributed by atoms with Gasteiger partial charge in [-0.25, -0.2) is 0 Å². The highest BCUT2D eigenvalue weighted by molar-refractivity contribution is 5.97. The molecule has 1 N–H and O–H groups in total. The molecule has 1 heterocycles. The number of piperidine rings is 1. The molecule has 18 heavy (non-hydrogen) atoms. The van der Waals surface area contributed by atoms with Gasteiger partial charge < -0.3 is 10.0 Å². The number of rotatable bonds is 2. The van der Waals surface area contributed by atoms with E-state index in [2.05, 4.69) is 0 Å². The fraction of sp³-hybridized carbons (Fsp3) is 0.400. The molecule has 1 aromatic rings. The monoisotopic (exact) mass is 245 g/mol. The van der Waals surface area contributed by atoms with E-state index in [0.29, 0.717) is 11.1 Å². The molecular formula is C15H19NO2. The Morgan fingerprint density at radius 2 is 1.89 bits per heavy atom. The molecule has 1 amide bonds. The molecule has 0 bridgehead atoms. The molecule has 1 aliphatic heterocycles. The third-order valence-corrected chi connectivity index (χ3v) is 3.29. The second kappa shape index (κ2) is 5.71. The minimum Gasteiger partial charge on any atom is -0.507 e. The molecule has 0 saturated carbocycles. The summed E-state index contributed by atoms with van der Waals surface area (Å²) in [7, 11) is 0. The van der Waals surface area contributed by atoms with Gasteiger partial charge in [0.2, 0.25) is 5.91 Å². The van der Waals surface area contributed by atoms with Crippen LogP contribution in [-0.2, 0) is 4.79 Å². The summed E-state index contributed by atoms with van der Waals surface area (Å²) in [4.78, 5) is 14.1. The van der Waals surface area contributed by atoms with Crippen LogP contribution in [0.25, 0.3) is 6.08 Å². The predicted molar refractivity (Wildman–Crippen MR) is 72.2 cm³/mol. The molecule has 3 nitrogen and oxygen atoms in total. The van der Waals surface area contributed by atoms with Crippen molar-refractivity contribution in [2.24, 2.45) is 0 Å². The fourth-order valence-corrected chi connectivity index (χ4v) is 2.25. The number of para-hydroxylation sites is 1. The first kappa shape index (κ1) is 12.7. The lowest BCUT2D eigenvalue weighted by Crippen LogP contribution is -2.36. The van der Waals surface area contributed by atoms with Gasteiger partial charge in [0.25, 0.3) is 0 Å². The third-order valence-electron chi connectivity index (χ3n) is 3.29. The van der Waals surface area contributed by atoms with Gasteiger partial charge in [0, 0.05) is 24.2 Å². The van der Waals surface area contributed by atoms with Crippen LogP contribution >= 0.6 is 0 Å². The summed E-state index contributed by atoms with van der Waals surface area (Å²) in [5.74, 6) is 0.293. The van der Waals surface area contributed by atoms with Crippen molar-refractivity contribution in [2.45, 2.75) is 26.2 Å². The Morgan fingerprint density at radius 3 is 2.56 bits per heavy atom. The Balaban J connectivity index is 2.12.